The Labute approximate surface area is 93.0 Å². The molecule has 0 aliphatic carbocycles. The lowest BCUT2D eigenvalue weighted by molar-refractivity contribution is -0.137. The van der Waals surface area contributed by atoms with Gasteiger partial charge in [-0.3, -0.25) is 4.79 Å². The molecule has 0 radical (unpaired) electrons. The highest BCUT2D eigenvalue weighted by atomic mass is 16.5. The van der Waals surface area contributed by atoms with Crippen LogP contribution in [0.25, 0.3) is 0 Å². The fourth-order valence-electron chi connectivity index (χ4n) is 1.11. The molecule has 0 N–H and O–H groups in total. The molecular formula is C13H22O2. The van der Waals surface area contributed by atoms with Crippen molar-refractivity contribution in [3.8, 4) is 0 Å². The van der Waals surface area contributed by atoms with Gasteiger partial charge < -0.3 is 4.74 Å². The third kappa shape index (κ3) is 9.26. The Hall–Kier alpha value is -1.05. The van der Waals surface area contributed by atoms with Crippen molar-refractivity contribution < 1.29 is 9.53 Å². The fraction of sp³-hybridized carbons (Fsp3) is 0.615. The minimum atomic E-state index is -0.207. The van der Waals surface area contributed by atoms with Crippen LogP contribution in [-0.4, -0.2) is 5.97 Å². The van der Waals surface area contributed by atoms with Gasteiger partial charge in [-0.05, 0) is 24.8 Å². The molecule has 0 atom stereocenters. The lowest BCUT2D eigenvalue weighted by Crippen LogP contribution is -1.95. The average molecular weight is 210 g/mol. The van der Waals surface area contributed by atoms with E-state index in [2.05, 4.69) is 20.4 Å². The Bertz CT molecular complexity index is 227. The Morgan fingerprint density at radius 3 is 2.67 bits per heavy atom. The number of allylic oxidation sites excluding steroid dienone is 2. The molecule has 15 heavy (non-hydrogen) atoms. The van der Waals surface area contributed by atoms with Crippen LogP contribution in [0.2, 0.25) is 0 Å². The molecule has 0 bridgehead atoms. The third-order valence-corrected chi connectivity index (χ3v) is 2.07. The normalized spacial score (nSPS) is 10.9. The van der Waals surface area contributed by atoms with Crippen molar-refractivity contribution in [3.63, 3.8) is 0 Å². The van der Waals surface area contributed by atoms with Gasteiger partial charge in [-0.2, -0.15) is 0 Å². The van der Waals surface area contributed by atoms with E-state index in [1.807, 2.05) is 0 Å². The monoisotopic (exact) mass is 210 g/mol. The van der Waals surface area contributed by atoms with Crippen LogP contribution in [0.15, 0.2) is 24.5 Å². The second kappa shape index (κ2) is 8.27. The van der Waals surface area contributed by atoms with Crippen molar-refractivity contribution in [2.45, 2.75) is 46.5 Å². The topological polar surface area (TPSA) is 26.3 Å². The van der Waals surface area contributed by atoms with Gasteiger partial charge in [0.1, 0.15) is 0 Å². The molecule has 2 nitrogen and oxygen atoms in total. The number of esters is 1. The number of hydrogen-bond donors (Lipinski definition) is 0. The summed E-state index contributed by atoms with van der Waals surface area (Å²) < 4.78 is 4.81. The summed E-state index contributed by atoms with van der Waals surface area (Å²) in [5.74, 6) is 0.529. The first-order chi connectivity index (χ1) is 7.06. The molecule has 0 aromatic rings. The Morgan fingerprint density at radius 2 is 2.13 bits per heavy atom. The fourth-order valence-corrected chi connectivity index (χ4v) is 1.11. The standard InChI is InChI=1S/C13H22O2/c1-5-13(14)15-10-9-12(4)8-6-7-11(2)3/h9-11H,4-8H2,1-3H3. The van der Waals surface area contributed by atoms with Crippen LogP contribution < -0.4 is 0 Å². The Kier molecular flexibility index (Phi) is 7.69. The molecule has 0 aliphatic rings. The van der Waals surface area contributed by atoms with Gasteiger partial charge in [-0.1, -0.05) is 39.3 Å². The summed E-state index contributed by atoms with van der Waals surface area (Å²) in [4.78, 5) is 10.8. The third-order valence-electron chi connectivity index (χ3n) is 2.07. The van der Waals surface area contributed by atoms with Crippen LogP contribution in [0.5, 0.6) is 0 Å². The van der Waals surface area contributed by atoms with E-state index in [0.29, 0.717) is 6.42 Å². The van der Waals surface area contributed by atoms with Crippen molar-refractivity contribution in [2.24, 2.45) is 5.92 Å². The van der Waals surface area contributed by atoms with E-state index in [-0.39, 0.29) is 5.97 Å². The number of carbonyl (C=O) groups is 1. The second-order valence-corrected chi connectivity index (χ2v) is 4.09. The summed E-state index contributed by atoms with van der Waals surface area (Å²) in [7, 11) is 0. The van der Waals surface area contributed by atoms with Crippen LogP contribution in [0.1, 0.15) is 46.5 Å². The average Bonchev–Trinajstić information content (AvgIpc) is 2.17. The van der Waals surface area contributed by atoms with E-state index < -0.39 is 0 Å². The van der Waals surface area contributed by atoms with Gasteiger partial charge in [0.25, 0.3) is 0 Å². The van der Waals surface area contributed by atoms with Crippen molar-refractivity contribution in [1.29, 1.82) is 0 Å². The molecule has 0 spiro atoms. The van der Waals surface area contributed by atoms with Crippen LogP contribution >= 0.6 is 0 Å². The van der Waals surface area contributed by atoms with Crippen molar-refractivity contribution in [2.75, 3.05) is 0 Å². The number of carbonyl (C=O) groups excluding carboxylic acids is 1. The van der Waals surface area contributed by atoms with E-state index in [4.69, 9.17) is 4.74 Å². The van der Waals surface area contributed by atoms with Gasteiger partial charge in [0, 0.05) is 6.42 Å². The summed E-state index contributed by atoms with van der Waals surface area (Å²) >= 11 is 0. The molecule has 2 heteroatoms. The van der Waals surface area contributed by atoms with E-state index in [9.17, 15) is 4.79 Å². The summed E-state index contributed by atoms with van der Waals surface area (Å²) in [6.45, 7) is 10.1. The predicted octanol–water partition coefficient (Wildman–Crippen LogP) is 3.84. The van der Waals surface area contributed by atoms with E-state index in [1.54, 1.807) is 13.0 Å². The molecule has 0 saturated heterocycles. The molecule has 0 rings (SSSR count). The van der Waals surface area contributed by atoms with Gasteiger partial charge in [0.05, 0.1) is 6.26 Å². The summed E-state index contributed by atoms with van der Waals surface area (Å²) in [5.41, 5.74) is 1.01. The highest BCUT2D eigenvalue weighted by Crippen LogP contribution is 2.11. The lowest BCUT2D eigenvalue weighted by atomic mass is 10.0. The van der Waals surface area contributed by atoms with E-state index in [0.717, 1.165) is 24.3 Å². The zero-order chi connectivity index (χ0) is 11.7. The van der Waals surface area contributed by atoms with Gasteiger partial charge in [-0.15, -0.1) is 0 Å². The maximum absolute atomic E-state index is 10.8. The summed E-state index contributed by atoms with van der Waals surface area (Å²) in [6.07, 6.45) is 6.93. The van der Waals surface area contributed by atoms with Gasteiger partial charge in [-0.25, -0.2) is 0 Å². The molecule has 0 amide bonds. The zero-order valence-corrected chi connectivity index (χ0v) is 10.1. The maximum Gasteiger partial charge on any atom is 0.310 e. The molecule has 0 unspecified atom stereocenters. The first kappa shape index (κ1) is 13.9. The maximum atomic E-state index is 10.8. The minimum absolute atomic E-state index is 0.207. The smallest absolute Gasteiger partial charge is 0.310 e. The summed E-state index contributed by atoms with van der Waals surface area (Å²) in [5, 5.41) is 0. The van der Waals surface area contributed by atoms with E-state index >= 15 is 0 Å². The van der Waals surface area contributed by atoms with Gasteiger partial charge >= 0.3 is 5.97 Å². The molecule has 0 saturated carbocycles. The number of rotatable bonds is 7. The highest BCUT2D eigenvalue weighted by Gasteiger charge is 1.96. The molecule has 86 valence electrons. The number of ether oxygens (including phenoxy) is 1. The van der Waals surface area contributed by atoms with Crippen molar-refractivity contribution in [3.05, 3.63) is 24.5 Å². The van der Waals surface area contributed by atoms with Crippen LogP contribution in [0, 0.1) is 5.92 Å². The summed E-state index contributed by atoms with van der Waals surface area (Å²) in [6, 6.07) is 0. The predicted molar refractivity (Wildman–Crippen MR) is 63.4 cm³/mol. The number of hydrogen-bond acceptors (Lipinski definition) is 2. The molecule has 0 fully saturated rings. The Morgan fingerprint density at radius 1 is 1.47 bits per heavy atom. The SMILES string of the molecule is C=C(C=COC(=O)CC)CCCC(C)C. The van der Waals surface area contributed by atoms with Crippen LogP contribution in [-0.2, 0) is 9.53 Å². The molecule has 0 aromatic carbocycles. The van der Waals surface area contributed by atoms with Crippen LogP contribution in [0.3, 0.4) is 0 Å². The van der Waals surface area contributed by atoms with Crippen molar-refractivity contribution >= 4 is 5.97 Å². The van der Waals surface area contributed by atoms with Gasteiger partial charge in [0.15, 0.2) is 0 Å². The second-order valence-electron chi connectivity index (χ2n) is 4.09. The lowest BCUT2D eigenvalue weighted by Gasteiger charge is -2.03. The molecule has 0 heterocycles. The minimum Gasteiger partial charge on any atom is -0.434 e. The first-order valence-electron chi connectivity index (χ1n) is 5.60. The van der Waals surface area contributed by atoms with Gasteiger partial charge in [0.2, 0.25) is 0 Å². The molecular weight excluding hydrogens is 188 g/mol. The molecule has 0 aliphatic heterocycles. The van der Waals surface area contributed by atoms with Crippen LogP contribution in [0.4, 0.5) is 0 Å². The van der Waals surface area contributed by atoms with Crippen molar-refractivity contribution in [1.82, 2.24) is 0 Å². The Balaban J connectivity index is 3.60. The quantitative estimate of drug-likeness (QED) is 0.362. The molecule has 0 aromatic heterocycles. The first-order valence-corrected chi connectivity index (χ1v) is 5.60. The van der Waals surface area contributed by atoms with E-state index in [1.165, 1.54) is 12.7 Å². The zero-order valence-electron chi connectivity index (χ0n) is 10.1. The largest absolute Gasteiger partial charge is 0.434 e. The highest BCUT2D eigenvalue weighted by molar-refractivity contribution is 5.69.